The molecule has 1 aromatic heterocycles. The summed E-state index contributed by atoms with van der Waals surface area (Å²) in [6.07, 6.45) is 1.19. The van der Waals surface area contributed by atoms with E-state index in [1.807, 2.05) is 0 Å². The maximum Gasteiger partial charge on any atom is 0.271 e. The molecular weight excluding hydrogens is 573 g/mol. The van der Waals surface area contributed by atoms with Gasteiger partial charge in [-0.1, -0.05) is 23.7 Å². The fourth-order valence-corrected chi connectivity index (χ4v) is 6.71. The summed E-state index contributed by atoms with van der Waals surface area (Å²) in [5.41, 5.74) is 0.552. The van der Waals surface area contributed by atoms with Gasteiger partial charge in [0, 0.05) is 36.6 Å². The van der Waals surface area contributed by atoms with Crippen LogP contribution in [0.2, 0.25) is 5.02 Å². The van der Waals surface area contributed by atoms with Gasteiger partial charge in [0.25, 0.3) is 11.8 Å². The second kappa shape index (κ2) is 10.4. The average molecular weight is 601 g/mol. The standard InChI is InChI=1S/C26H28ClF3N4O5S/c1-40(38,39)20(28)11-15(9-14-7-8-31-23(14)35)32-24(36)22-17-6-5-16(12-26(17,29)30)34(22)25(37)19-10-13-3-2-4-18(27)21(13)33-19/h2-4,10-11,14-17,22,33H,5-9,12H2,1H3,(H,31,35)(H,32,36)/b20-11-/t14-,15-,16-,17-,22+/m1/s1. The Labute approximate surface area is 233 Å². The summed E-state index contributed by atoms with van der Waals surface area (Å²) in [6, 6.07) is 2.74. The highest BCUT2D eigenvalue weighted by Gasteiger charge is 2.60. The molecule has 2 aromatic rings. The molecule has 40 heavy (non-hydrogen) atoms. The number of sulfone groups is 1. The molecule has 0 unspecified atom stereocenters. The number of H-pyrrole nitrogens is 1. The van der Waals surface area contributed by atoms with Crippen molar-refractivity contribution in [3.8, 4) is 0 Å². The number of para-hydroxylation sites is 1. The van der Waals surface area contributed by atoms with Gasteiger partial charge in [0.2, 0.25) is 26.8 Å². The van der Waals surface area contributed by atoms with E-state index in [0.29, 0.717) is 41.2 Å². The van der Waals surface area contributed by atoms with Crippen LogP contribution in [-0.2, 0) is 19.4 Å². The number of hydrogen-bond donors (Lipinski definition) is 3. The van der Waals surface area contributed by atoms with Crippen molar-refractivity contribution in [2.75, 3.05) is 12.8 Å². The van der Waals surface area contributed by atoms with Gasteiger partial charge < -0.3 is 20.5 Å². The average Bonchev–Trinajstić information content (AvgIpc) is 3.49. The smallest absolute Gasteiger partial charge is 0.271 e. The van der Waals surface area contributed by atoms with Gasteiger partial charge in [-0.3, -0.25) is 14.4 Å². The first kappa shape index (κ1) is 28.5. The van der Waals surface area contributed by atoms with Gasteiger partial charge in [-0.05, 0) is 43.9 Å². The molecule has 14 heteroatoms. The Bertz CT molecular complexity index is 1510. The van der Waals surface area contributed by atoms with Gasteiger partial charge in [0.05, 0.1) is 22.5 Å². The highest BCUT2D eigenvalue weighted by Crippen LogP contribution is 2.49. The molecule has 216 valence electrons. The summed E-state index contributed by atoms with van der Waals surface area (Å²) in [4.78, 5) is 43.6. The monoisotopic (exact) mass is 600 g/mol. The first-order valence-corrected chi connectivity index (χ1v) is 15.2. The number of rotatable bonds is 7. The SMILES string of the molecule is CS(=O)(=O)/C(F)=C\[C@@H](C[C@H]1CCNC1=O)NC(=O)[C@@H]1[C@H]2CC[C@H](CC2(F)F)N1C(=O)c1cc2cccc(Cl)c2[nH]1. The topological polar surface area (TPSA) is 128 Å². The quantitative estimate of drug-likeness (QED) is 0.449. The number of fused-ring (bicyclic) bond motifs is 4. The maximum atomic E-state index is 15.1. The van der Waals surface area contributed by atoms with Gasteiger partial charge >= 0.3 is 0 Å². The van der Waals surface area contributed by atoms with E-state index in [1.54, 1.807) is 18.2 Å². The zero-order valence-electron chi connectivity index (χ0n) is 21.4. The van der Waals surface area contributed by atoms with Crippen LogP contribution in [0.3, 0.4) is 0 Å². The molecule has 3 N–H and O–H groups in total. The lowest BCUT2D eigenvalue weighted by atomic mass is 9.71. The minimum atomic E-state index is -4.27. The molecule has 9 nitrogen and oxygen atoms in total. The van der Waals surface area contributed by atoms with E-state index >= 15 is 8.78 Å². The number of hydrogen-bond acceptors (Lipinski definition) is 5. The molecule has 3 amide bonds. The molecule has 4 fully saturated rings. The van der Waals surface area contributed by atoms with Crippen molar-refractivity contribution in [3.05, 3.63) is 46.2 Å². The number of nitrogens with one attached hydrogen (secondary N) is 3. The number of aromatic nitrogens is 1. The molecule has 6 rings (SSSR count). The van der Waals surface area contributed by atoms with Crippen molar-refractivity contribution in [3.63, 3.8) is 0 Å². The van der Waals surface area contributed by atoms with Gasteiger partial charge in [0.1, 0.15) is 11.7 Å². The number of carbonyl (C=O) groups excluding carboxylic acids is 3. The van der Waals surface area contributed by atoms with E-state index in [2.05, 4.69) is 15.6 Å². The lowest BCUT2D eigenvalue weighted by Gasteiger charge is -2.53. The Balaban J connectivity index is 1.48. The summed E-state index contributed by atoms with van der Waals surface area (Å²) in [5.74, 6) is -7.37. The molecule has 0 radical (unpaired) electrons. The van der Waals surface area contributed by atoms with Gasteiger partial charge in [0.15, 0.2) is 0 Å². The highest BCUT2D eigenvalue weighted by atomic mass is 35.5. The molecular formula is C26H28ClF3N4O5S. The minimum Gasteiger partial charge on any atom is -0.356 e. The summed E-state index contributed by atoms with van der Waals surface area (Å²) < 4.78 is 68.2. The van der Waals surface area contributed by atoms with Crippen LogP contribution in [0.1, 0.15) is 42.6 Å². The Morgan fingerprint density at radius 1 is 1.27 bits per heavy atom. The molecule has 4 heterocycles. The fourth-order valence-electron chi connectivity index (χ4n) is 6.07. The third-order valence-electron chi connectivity index (χ3n) is 7.99. The molecule has 3 aliphatic heterocycles. The van der Waals surface area contributed by atoms with Crippen LogP contribution in [0, 0.1) is 11.8 Å². The predicted molar refractivity (Wildman–Crippen MR) is 141 cm³/mol. The minimum absolute atomic E-state index is 0.0126. The predicted octanol–water partition coefficient (Wildman–Crippen LogP) is 3.32. The van der Waals surface area contributed by atoms with Crippen LogP contribution < -0.4 is 10.6 Å². The zero-order valence-corrected chi connectivity index (χ0v) is 23.0. The van der Waals surface area contributed by atoms with Gasteiger partial charge in [-0.25, -0.2) is 17.2 Å². The number of benzene rings is 1. The van der Waals surface area contributed by atoms with Gasteiger partial charge in [-0.15, -0.1) is 0 Å². The van der Waals surface area contributed by atoms with Crippen molar-refractivity contribution < 1.29 is 36.0 Å². The summed E-state index contributed by atoms with van der Waals surface area (Å²) in [5, 5.41) is 4.55. The molecule has 0 spiro atoms. The third-order valence-corrected chi connectivity index (χ3v) is 9.15. The number of aromatic amines is 1. The number of piperidine rings is 2. The normalized spacial score (nSPS) is 27.1. The van der Waals surface area contributed by atoms with E-state index < -0.39 is 69.1 Å². The Kier molecular flexibility index (Phi) is 7.40. The van der Waals surface area contributed by atoms with Crippen LogP contribution in [0.5, 0.6) is 0 Å². The molecule has 1 aromatic carbocycles. The van der Waals surface area contributed by atoms with Crippen LogP contribution in [0.4, 0.5) is 13.2 Å². The van der Waals surface area contributed by atoms with Gasteiger partial charge in [-0.2, -0.15) is 4.39 Å². The number of nitrogens with zero attached hydrogens (tertiary/aromatic N) is 1. The van der Waals surface area contributed by atoms with E-state index in [-0.39, 0.29) is 30.9 Å². The Hall–Kier alpha value is -3.06. The number of alkyl halides is 2. The summed E-state index contributed by atoms with van der Waals surface area (Å²) in [7, 11) is -4.27. The highest BCUT2D eigenvalue weighted by molar-refractivity contribution is 7.94. The first-order valence-electron chi connectivity index (χ1n) is 12.9. The number of carbonyl (C=O) groups is 3. The van der Waals surface area contributed by atoms with Crippen molar-refractivity contribution in [2.24, 2.45) is 11.8 Å². The van der Waals surface area contributed by atoms with Crippen LogP contribution in [-0.4, -0.2) is 72.9 Å². The van der Waals surface area contributed by atoms with E-state index in [4.69, 9.17) is 11.6 Å². The van der Waals surface area contributed by atoms with Crippen LogP contribution in [0.25, 0.3) is 10.9 Å². The molecule has 4 aliphatic rings. The van der Waals surface area contributed by atoms with Crippen molar-refractivity contribution in [2.45, 2.75) is 56.2 Å². The molecule has 1 saturated carbocycles. The molecule has 1 aliphatic carbocycles. The summed E-state index contributed by atoms with van der Waals surface area (Å²) >= 11 is 6.22. The molecule has 5 atom stereocenters. The van der Waals surface area contributed by atoms with Crippen LogP contribution in [0.15, 0.2) is 35.5 Å². The fraction of sp³-hybridized carbons (Fsp3) is 0.500. The van der Waals surface area contributed by atoms with E-state index in [0.717, 1.165) is 4.90 Å². The Morgan fingerprint density at radius 3 is 2.65 bits per heavy atom. The van der Waals surface area contributed by atoms with Crippen molar-refractivity contribution in [1.82, 2.24) is 20.5 Å². The van der Waals surface area contributed by atoms with Crippen molar-refractivity contribution >= 4 is 50.1 Å². The second-order valence-corrected chi connectivity index (χ2v) is 13.1. The zero-order chi connectivity index (χ0) is 29.0. The number of amides is 3. The lowest BCUT2D eigenvalue weighted by molar-refractivity contribution is -0.179. The second-order valence-electron chi connectivity index (χ2n) is 10.7. The first-order chi connectivity index (χ1) is 18.8. The molecule has 2 bridgehead atoms. The molecule has 3 saturated heterocycles. The van der Waals surface area contributed by atoms with E-state index in [1.165, 1.54) is 6.07 Å². The maximum absolute atomic E-state index is 15.1. The van der Waals surface area contributed by atoms with Crippen molar-refractivity contribution in [1.29, 1.82) is 0 Å². The third kappa shape index (κ3) is 5.32. The lowest BCUT2D eigenvalue weighted by Crippen LogP contribution is -2.68. The summed E-state index contributed by atoms with van der Waals surface area (Å²) in [6.45, 7) is 0.359. The Morgan fingerprint density at radius 2 is 2.02 bits per heavy atom. The van der Waals surface area contributed by atoms with Crippen LogP contribution >= 0.6 is 11.6 Å². The van der Waals surface area contributed by atoms with E-state index in [9.17, 15) is 27.2 Å². The number of halogens is 4. The largest absolute Gasteiger partial charge is 0.356 e.